The molecule has 0 atom stereocenters. The maximum absolute atomic E-state index is 13.3. The van der Waals surface area contributed by atoms with Crippen LogP contribution in [0.1, 0.15) is 25.5 Å². The first-order chi connectivity index (χ1) is 6.59. The molecule has 2 heterocycles. The molecule has 2 aromatic heterocycles. The van der Waals surface area contributed by atoms with Crippen molar-refractivity contribution in [3.05, 3.63) is 22.9 Å². The van der Waals surface area contributed by atoms with Crippen LogP contribution in [0.2, 0.25) is 5.15 Å². The predicted octanol–water partition coefficient (Wildman–Crippen LogP) is 2.87. The van der Waals surface area contributed by atoms with Gasteiger partial charge in [-0.05, 0) is 5.92 Å². The number of rotatable bonds is 1. The minimum atomic E-state index is -0.520. The minimum Gasteiger partial charge on any atom is -0.275 e. The monoisotopic (exact) mass is 213 g/mol. The molecule has 0 aromatic carbocycles. The molecule has 0 aliphatic heterocycles. The second-order valence-electron chi connectivity index (χ2n) is 3.42. The van der Waals surface area contributed by atoms with Gasteiger partial charge in [-0.15, -0.1) is 5.10 Å². The van der Waals surface area contributed by atoms with Gasteiger partial charge in [0.05, 0.1) is 16.6 Å². The number of hydrogen-bond donors (Lipinski definition) is 1. The van der Waals surface area contributed by atoms with Crippen LogP contribution in [0.25, 0.3) is 10.9 Å². The summed E-state index contributed by atoms with van der Waals surface area (Å²) in [5.74, 6) is -0.406. The Morgan fingerprint density at radius 2 is 2.21 bits per heavy atom. The van der Waals surface area contributed by atoms with Crippen LogP contribution in [-0.2, 0) is 0 Å². The first-order valence-corrected chi connectivity index (χ1v) is 4.67. The first kappa shape index (κ1) is 9.40. The van der Waals surface area contributed by atoms with Crippen molar-refractivity contribution in [2.24, 2.45) is 0 Å². The smallest absolute Gasteiger partial charge is 0.242 e. The third-order valence-electron chi connectivity index (χ3n) is 2.04. The first-order valence-electron chi connectivity index (χ1n) is 4.29. The van der Waals surface area contributed by atoms with Crippen molar-refractivity contribution in [2.75, 3.05) is 0 Å². The van der Waals surface area contributed by atoms with Crippen LogP contribution < -0.4 is 0 Å². The van der Waals surface area contributed by atoms with Crippen LogP contribution in [0.3, 0.4) is 0 Å². The fraction of sp³-hybridized carbons (Fsp3) is 0.333. The normalized spacial score (nSPS) is 11.5. The van der Waals surface area contributed by atoms with Crippen LogP contribution in [0, 0.1) is 5.95 Å². The molecule has 3 nitrogen and oxygen atoms in total. The largest absolute Gasteiger partial charge is 0.275 e. The van der Waals surface area contributed by atoms with Gasteiger partial charge in [-0.3, -0.25) is 5.10 Å². The van der Waals surface area contributed by atoms with Crippen molar-refractivity contribution in [3.63, 3.8) is 0 Å². The van der Waals surface area contributed by atoms with E-state index in [0.29, 0.717) is 21.7 Å². The molecule has 0 saturated carbocycles. The molecule has 74 valence electrons. The maximum Gasteiger partial charge on any atom is 0.242 e. The number of aromatic nitrogens is 3. The summed E-state index contributed by atoms with van der Waals surface area (Å²) >= 11 is 5.80. The third kappa shape index (κ3) is 1.35. The summed E-state index contributed by atoms with van der Waals surface area (Å²) in [6.45, 7) is 3.87. The highest BCUT2D eigenvalue weighted by Crippen LogP contribution is 2.26. The zero-order valence-electron chi connectivity index (χ0n) is 7.81. The molecule has 0 aliphatic rings. The summed E-state index contributed by atoms with van der Waals surface area (Å²) in [5.41, 5.74) is 1.23. The van der Waals surface area contributed by atoms with Crippen LogP contribution in [-0.4, -0.2) is 15.2 Å². The van der Waals surface area contributed by atoms with E-state index in [1.807, 2.05) is 13.8 Å². The summed E-state index contributed by atoms with van der Waals surface area (Å²) in [5, 5.41) is 6.85. The number of H-pyrrole nitrogens is 1. The Morgan fingerprint density at radius 1 is 1.50 bits per heavy atom. The van der Waals surface area contributed by atoms with E-state index in [1.54, 1.807) is 6.07 Å². The highest BCUT2D eigenvalue weighted by molar-refractivity contribution is 6.30. The molecule has 0 bridgehead atoms. The quantitative estimate of drug-likeness (QED) is 0.740. The molecular weight excluding hydrogens is 205 g/mol. The Morgan fingerprint density at radius 3 is 2.86 bits per heavy atom. The van der Waals surface area contributed by atoms with E-state index in [1.165, 1.54) is 0 Å². The SMILES string of the molecule is CC(C)c1nc(Cl)cc2[nH]nc(F)c12. The van der Waals surface area contributed by atoms with E-state index in [9.17, 15) is 4.39 Å². The van der Waals surface area contributed by atoms with Gasteiger partial charge >= 0.3 is 0 Å². The average molecular weight is 214 g/mol. The molecule has 0 radical (unpaired) electrons. The van der Waals surface area contributed by atoms with Crippen LogP contribution in [0.5, 0.6) is 0 Å². The minimum absolute atomic E-state index is 0.114. The molecular formula is C9H9ClFN3. The Balaban J connectivity index is 2.83. The van der Waals surface area contributed by atoms with Gasteiger partial charge in [0.15, 0.2) is 0 Å². The molecule has 14 heavy (non-hydrogen) atoms. The highest BCUT2D eigenvalue weighted by atomic mass is 35.5. The number of pyridine rings is 1. The number of halogens is 2. The number of nitrogens with zero attached hydrogens (tertiary/aromatic N) is 2. The highest BCUT2D eigenvalue weighted by Gasteiger charge is 2.15. The topological polar surface area (TPSA) is 41.6 Å². The van der Waals surface area contributed by atoms with E-state index in [2.05, 4.69) is 15.2 Å². The van der Waals surface area contributed by atoms with E-state index in [-0.39, 0.29) is 5.92 Å². The fourth-order valence-corrected chi connectivity index (χ4v) is 1.62. The summed E-state index contributed by atoms with van der Waals surface area (Å²) in [4.78, 5) is 4.10. The number of aromatic amines is 1. The lowest BCUT2D eigenvalue weighted by atomic mass is 10.1. The van der Waals surface area contributed by atoms with E-state index >= 15 is 0 Å². The number of fused-ring (bicyclic) bond motifs is 1. The van der Waals surface area contributed by atoms with Crippen molar-refractivity contribution < 1.29 is 4.39 Å². The lowest BCUT2D eigenvalue weighted by Gasteiger charge is -2.05. The van der Waals surface area contributed by atoms with Gasteiger partial charge in [-0.2, -0.15) is 4.39 Å². The molecule has 0 fully saturated rings. The Labute approximate surface area is 85.3 Å². The van der Waals surface area contributed by atoms with Gasteiger partial charge in [0.25, 0.3) is 0 Å². The van der Waals surface area contributed by atoms with Crippen LogP contribution >= 0.6 is 11.6 Å². The van der Waals surface area contributed by atoms with Gasteiger partial charge in [0.1, 0.15) is 5.15 Å². The molecule has 1 N–H and O–H groups in total. The Bertz CT molecular complexity index is 478. The molecule has 2 aromatic rings. The zero-order chi connectivity index (χ0) is 10.3. The van der Waals surface area contributed by atoms with Crippen molar-refractivity contribution >= 4 is 22.5 Å². The summed E-state index contributed by atoms with van der Waals surface area (Å²) in [6.07, 6.45) is 0. The predicted molar refractivity (Wildman–Crippen MR) is 52.9 cm³/mol. The second kappa shape index (κ2) is 3.20. The lowest BCUT2D eigenvalue weighted by Crippen LogP contribution is -1.94. The van der Waals surface area contributed by atoms with Crippen molar-refractivity contribution in [1.29, 1.82) is 0 Å². The summed E-state index contributed by atoms with van der Waals surface area (Å²) in [7, 11) is 0. The van der Waals surface area contributed by atoms with Gasteiger partial charge in [-0.1, -0.05) is 25.4 Å². The lowest BCUT2D eigenvalue weighted by molar-refractivity contribution is 0.586. The zero-order valence-corrected chi connectivity index (χ0v) is 8.56. The van der Waals surface area contributed by atoms with Gasteiger partial charge in [-0.25, -0.2) is 4.98 Å². The fourth-order valence-electron chi connectivity index (χ4n) is 1.42. The average Bonchev–Trinajstić information content (AvgIpc) is 2.46. The molecule has 0 amide bonds. The molecule has 5 heteroatoms. The van der Waals surface area contributed by atoms with Crippen molar-refractivity contribution in [3.8, 4) is 0 Å². The van der Waals surface area contributed by atoms with Gasteiger partial charge in [0, 0.05) is 6.07 Å². The third-order valence-corrected chi connectivity index (χ3v) is 2.24. The van der Waals surface area contributed by atoms with E-state index in [4.69, 9.17) is 11.6 Å². The van der Waals surface area contributed by atoms with E-state index < -0.39 is 5.95 Å². The molecule has 0 spiro atoms. The van der Waals surface area contributed by atoms with Gasteiger partial charge < -0.3 is 0 Å². The Hall–Kier alpha value is -1.16. The number of hydrogen-bond acceptors (Lipinski definition) is 2. The summed E-state index contributed by atoms with van der Waals surface area (Å²) in [6, 6.07) is 1.57. The van der Waals surface area contributed by atoms with Crippen LogP contribution in [0.15, 0.2) is 6.07 Å². The van der Waals surface area contributed by atoms with Crippen molar-refractivity contribution in [1.82, 2.24) is 15.2 Å². The maximum atomic E-state index is 13.3. The molecule has 0 aliphatic carbocycles. The molecule has 0 saturated heterocycles. The van der Waals surface area contributed by atoms with Crippen LogP contribution in [0.4, 0.5) is 4.39 Å². The standard InChI is InChI=1S/C9H9ClFN3/c1-4(2)8-7-5(3-6(10)12-8)13-14-9(7)11/h3-4H,1-2H3,(H,13,14). The summed E-state index contributed by atoms with van der Waals surface area (Å²) < 4.78 is 13.3. The molecule has 2 rings (SSSR count). The van der Waals surface area contributed by atoms with Crippen molar-refractivity contribution in [2.45, 2.75) is 19.8 Å². The number of nitrogens with one attached hydrogen (secondary N) is 1. The molecule has 0 unspecified atom stereocenters. The Kier molecular flexibility index (Phi) is 2.15. The van der Waals surface area contributed by atoms with Gasteiger partial charge in [0.2, 0.25) is 5.95 Å². The van der Waals surface area contributed by atoms with E-state index in [0.717, 1.165) is 0 Å². The second-order valence-corrected chi connectivity index (χ2v) is 3.81.